The molecule has 1 saturated carbocycles. The highest BCUT2D eigenvalue weighted by molar-refractivity contribution is 7.92. The van der Waals surface area contributed by atoms with E-state index < -0.39 is 9.84 Å². The molecule has 0 aliphatic heterocycles. The molecule has 0 aromatic carbocycles. The first-order valence-electron chi connectivity index (χ1n) is 5.52. The number of rotatable bonds is 5. The standard InChI is InChI=1S/C11H19NO2S/c1-2-8-12-9-10-15(13,14)11-6-4-3-5-7-11/h1,11-12H,3-10H2. The van der Waals surface area contributed by atoms with Gasteiger partial charge >= 0.3 is 0 Å². The van der Waals surface area contributed by atoms with Gasteiger partial charge in [-0.05, 0) is 12.8 Å². The molecule has 1 aliphatic carbocycles. The van der Waals surface area contributed by atoms with Gasteiger partial charge in [0.1, 0.15) is 0 Å². The van der Waals surface area contributed by atoms with Crippen molar-refractivity contribution >= 4 is 9.84 Å². The van der Waals surface area contributed by atoms with Crippen LogP contribution in [0.15, 0.2) is 0 Å². The second-order valence-corrected chi connectivity index (χ2v) is 6.41. The predicted molar refractivity (Wildman–Crippen MR) is 62.4 cm³/mol. The minimum atomic E-state index is -2.89. The number of terminal acetylenes is 1. The summed E-state index contributed by atoms with van der Waals surface area (Å²) in [5.74, 6) is 2.65. The van der Waals surface area contributed by atoms with E-state index in [1.807, 2.05) is 0 Å². The van der Waals surface area contributed by atoms with E-state index in [2.05, 4.69) is 11.2 Å². The summed E-state index contributed by atoms with van der Waals surface area (Å²) in [5, 5.41) is 2.82. The Bertz CT molecular complexity index is 310. The summed E-state index contributed by atoms with van der Waals surface area (Å²) in [7, 11) is -2.89. The highest BCUT2D eigenvalue weighted by Gasteiger charge is 2.26. The van der Waals surface area contributed by atoms with Crippen molar-refractivity contribution < 1.29 is 8.42 Å². The van der Waals surface area contributed by atoms with Crippen LogP contribution in [0.2, 0.25) is 0 Å². The van der Waals surface area contributed by atoms with Crippen molar-refractivity contribution in [1.29, 1.82) is 0 Å². The Morgan fingerprint density at radius 2 is 1.93 bits per heavy atom. The van der Waals surface area contributed by atoms with Crippen molar-refractivity contribution in [2.45, 2.75) is 37.4 Å². The zero-order chi connectivity index (χ0) is 11.1. The lowest BCUT2D eigenvalue weighted by Crippen LogP contribution is -2.31. The molecule has 0 amide bonds. The molecule has 0 radical (unpaired) electrons. The van der Waals surface area contributed by atoms with Crippen LogP contribution in [0, 0.1) is 12.3 Å². The van der Waals surface area contributed by atoms with Crippen molar-refractivity contribution in [3.63, 3.8) is 0 Å². The maximum absolute atomic E-state index is 11.9. The number of hydrogen-bond acceptors (Lipinski definition) is 3. The van der Waals surface area contributed by atoms with Gasteiger partial charge in [0.2, 0.25) is 0 Å². The van der Waals surface area contributed by atoms with E-state index in [1.54, 1.807) is 0 Å². The van der Waals surface area contributed by atoms with Crippen molar-refractivity contribution in [3.05, 3.63) is 0 Å². The average Bonchev–Trinajstić information content (AvgIpc) is 2.26. The van der Waals surface area contributed by atoms with E-state index >= 15 is 0 Å². The summed E-state index contributed by atoms with van der Waals surface area (Å²) >= 11 is 0. The minimum absolute atomic E-state index is 0.0983. The maximum atomic E-state index is 11.9. The monoisotopic (exact) mass is 229 g/mol. The number of sulfone groups is 1. The van der Waals surface area contributed by atoms with Crippen LogP contribution in [0.4, 0.5) is 0 Å². The molecule has 0 unspecified atom stereocenters. The molecule has 0 bridgehead atoms. The average molecular weight is 229 g/mol. The first-order chi connectivity index (χ1) is 7.17. The van der Waals surface area contributed by atoms with Gasteiger partial charge in [-0.3, -0.25) is 0 Å². The lowest BCUT2D eigenvalue weighted by molar-refractivity contribution is 0.483. The zero-order valence-electron chi connectivity index (χ0n) is 9.04. The van der Waals surface area contributed by atoms with Crippen LogP contribution in [0.25, 0.3) is 0 Å². The molecule has 0 atom stereocenters. The number of nitrogens with one attached hydrogen (secondary N) is 1. The highest BCUT2D eigenvalue weighted by Crippen LogP contribution is 2.23. The molecular formula is C11H19NO2S. The first kappa shape index (κ1) is 12.5. The van der Waals surface area contributed by atoms with Crippen LogP contribution in [0.1, 0.15) is 32.1 Å². The Hall–Kier alpha value is -0.530. The number of hydrogen-bond donors (Lipinski definition) is 1. The van der Waals surface area contributed by atoms with E-state index in [9.17, 15) is 8.42 Å². The fraction of sp³-hybridized carbons (Fsp3) is 0.818. The van der Waals surface area contributed by atoms with E-state index in [0.29, 0.717) is 13.1 Å². The molecule has 1 aliphatic rings. The largest absolute Gasteiger partial charge is 0.305 e. The van der Waals surface area contributed by atoms with Crippen LogP contribution in [-0.4, -0.2) is 32.5 Å². The van der Waals surface area contributed by atoms with E-state index in [-0.39, 0.29) is 11.0 Å². The quantitative estimate of drug-likeness (QED) is 0.564. The molecule has 15 heavy (non-hydrogen) atoms. The lowest BCUT2D eigenvalue weighted by Gasteiger charge is -2.21. The highest BCUT2D eigenvalue weighted by atomic mass is 32.2. The van der Waals surface area contributed by atoms with Gasteiger partial charge in [0.15, 0.2) is 9.84 Å². The molecule has 4 heteroatoms. The lowest BCUT2D eigenvalue weighted by atomic mass is 10.0. The summed E-state index contributed by atoms with van der Waals surface area (Å²) in [6, 6.07) is 0. The van der Waals surface area contributed by atoms with Crippen LogP contribution >= 0.6 is 0 Å². The Balaban J connectivity index is 2.34. The predicted octanol–water partition coefficient (Wildman–Crippen LogP) is 0.957. The first-order valence-corrected chi connectivity index (χ1v) is 7.24. The molecule has 0 spiro atoms. The third-order valence-corrected chi connectivity index (χ3v) is 5.11. The molecule has 3 nitrogen and oxygen atoms in total. The van der Waals surface area contributed by atoms with Crippen molar-refractivity contribution in [2.75, 3.05) is 18.8 Å². The molecule has 1 N–H and O–H groups in total. The molecular weight excluding hydrogens is 210 g/mol. The SMILES string of the molecule is C#CCNCCS(=O)(=O)C1CCCCC1. The Morgan fingerprint density at radius 1 is 1.27 bits per heavy atom. The van der Waals surface area contributed by atoms with Gasteiger partial charge in [0, 0.05) is 6.54 Å². The van der Waals surface area contributed by atoms with Crippen LogP contribution in [0.5, 0.6) is 0 Å². The van der Waals surface area contributed by atoms with Gasteiger partial charge < -0.3 is 5.32 Å². The smallest absolute Gasteiger partial charge is 0.154 e. The molecule has 0 aromatic rings. The summed E-state index contributed by atoms with van der Waals surface area (Å²) in [6.07, 6.45) is 10.0. The molecule has 0 heterocycles. The topological polar surface area (TPSA) is 46.2 Å². The second-order valence-electron chi connectivity index (χ2n) is 4.01. The van der Waals surface area contributed by atoms with E-state index in [0.717, 1.165) is 25.7 Å². The Kier molecular flexibility index (Phi) is 5.13. The Morgan fingerprint density at radius 3 is 2.53 bits per heavy atom. The normalized spacial score (nSPS) is 18.6. The molecule has 1 fully saturated rings. The van der Waals surface area contributed by atoms with Crippen LogP contribution in [-0.2, 0) is 9.84 Å². The summed E-state index contributed by atoms with van der Waals surface area (Å²) < 4.78 is 23.7. The zero-order valence-corrected chi connectivity index (χ0v) is 9.85. The summed E-state index contributed by atoms with van der Waals surface area (Å²) in [6.45, 7) is 0.920. The summed E-state index contributed by atoms with van der Waals surface area (Å²) in [4.78, 5) is 0. The third kappa shape index (κ3) is 4.23. The van der Waals surface area contributed by atoms with Gasteiger partial charge in [0.05, 0.1) is 17.5 Å². The third-order valence-electron chi connectivity index (χ3n) is 2.85. The van der Waals surface area contributed by atoms with Gasteiger partial charge in [-0.2, -0.15) is 0 Å². The fourth-order valence-electron chi connectivity index (χ4n) is 1.97. The summed E-state index contributed by atoms with van der Waals surface area (Å²) in [5.41, 5.74) is 0. The van der Waals surface area contributed by atoms with Gasteiger partial charge in [-0.1, -0.05) is 25.2 Å². The molecule has 1 rings (SSSR count). The maximum Gasteiger partial charge on any atom is 0.154 e. The van der Waals surface area contributed by atoms with Crippen LogP contribution in [0.3, 0.4) is 0 Å². The van der Waals surface area contributed by atoms with Crippen molar-refractivity contribution in [3.8, 4) is 12.3 Å². The molecule has 0 saturated heterocycles. The van der Waals surface area contributed by atoms with Gasteiger partial charge in [-0.25, -0.2) is 8.42 Å². The van der Waals surface area contributed by atoms with Crippen LogP contribution < -0.4 is 5.32 Å². The second kappa shape index (κ2) is 6.14. The van der Waals surface area contributed by atoms with Gasteiger partial charge in [0.25, 0.3) is 0 Å². The Labute approximate surface area is 92.6 Å². The van der Waals surface area contributed by atoms with Crippen molar-refractivity contribution in [2.24, 2.45) is 0 Å². The molecule has 86 valence electrons. The fourth-order valence-corrected chi connectivity index (χ4v) is 3.78. The molecule has 0 aromatic heterocycles. The van der Waals surface area contributed by atoms with E-state index in [1.165, 1.54) is 6.42 Å². The minimum Gasteiger partial charge on any atom is -0.305 e. The van der Waals surface area contributed by atoms with Gasteiger partial charge in [-0.15, -0.1) is 6.42 Å². The van der Waals surface area contributed by atoms with E-state index in [4.69, 9.17) is 6.42 Å². The van der Waals surface area contributed by atoms with Crippen molar-refractivity contribution in [1.82, 2.24) is 5.32 Å².